The highest BCUT2D eigenvalue weighted by Gasteiger charge is 2.27. The number of nitrogens with one attached hydrogen (secondary N) is 1. The first-order valence-electron chi connectivity index (χ1n) is 11.6. The van der Waals surface area contributed by atoms with E-state index in [9.17, 15) is 0 Å². The zero-order valence-corrected chi connectivity index (χ0v) is 18.8. The molecule has 5 rings (SSSR count). The van der Waals surface area contributed by atoms with Crippen LogP contribution in [0.25, 0.3) is 10.9 Å². The maximum atomic E-state index is 5.52. The van der Waals surface area contributed by atoms with Gasteiger partial charge in [0, 0.05) is 55.1 Å². The van der Waals surface area contributed by atoms with Crippen molar-refractivity contribution in [1.29, 1.82) is 0 Å². The highest BCUT2D eigenvalue weighted by molar-refractivity contribution is 5.83. The van der Waals surface area contributed by atoms with E-state index >= 15 is 0 Å². The quantitative estimate of drug-likeness (QED) is 0.624. The van der Waals surface area contributed by atoms with Crippen LogP contribution < -0.4 is 10.2 Å². The molecule has 0 radical (unpaired) electrons. The Balaban J connectivity index is 1.44. The first-order chi connectivity index (χ1) is 15.2. The van der Waals surface area contributed by atoms with Crippen LogP contribution in [0, 0.1) is 0 Å². The van der Waals surface area contributed by atoms with Crippen molar-refractivity contribution in [3.05, 3.63) is 54.0 Å². The number of fused-ring (bicyclic) bond motifs is 1. The average Bonchev–Trinajstić information content (AvgIpc) is 3.60. The van der Waals surface area contributed by atoms with Crippen LogP contribution in [0.5, 0.6) is 0 Å². The molecule has 3 aromatic rings. The van der Waals surface area contributed by atoms with Crippen LogP contribution in [-0.2, 0) is 4.74 Å². The molecule has 1 N–H and O–H groups in total. The predicted molar refractivity (Wildman–Crippen MR) is 125 cm³/mol. The number of nitrogens with zero attached hydrogens (tertiary/aromatic N) is 4. The number of hydrogen-bond donors (Lipinski definition) is 1. The minimum atomic E-state index is 0.0894. The summed E-state index contributed by atoms with van der Waals surface area (Å²) in [5, 5.41) is 9.45. The monoisotopic (exact) mass is 419 g/mol. The van der Waals surface area contributed by atoms with Crippen molar-refractivity contribution in [3.8, 4) is 0 Å². The lowest BCUT2D eigenvalue weighted by atomic mass is 10.0. The van der Waals surface area contributed by atoms with Gasteiger partial charge in [-0.1, -0.05) is 6.07 Å². The number of rotatable bonds is 7. The summed E-state index contributed by atoms with van der Waals surface area (Å²) in [7, 11) is 3.83. The molecule has 6 heteroatoms. The number of likely N-dealkylation sites (N-methyl/N-ethyl adjacent to an activating group) is 1. The molecule has 0 amide bonds. The van der Waals surface area contributed by atoms with E-state index in [4.69, 9.17) is 14.8 Å². The molecule has 2 aromatic heterocycles. The lowest BCUT2D eigenvalue weighted by Gasteiger charge is -2.33. The lowest BCUT2D eigenvalue weighted by molar-refractivity contribution is 0.0819. The van der Waals surface area contributed by atoms with Crippen LogP contribution >= 0.6 is 0 Å². The summed E-state index contributed by atoms with van der Waals surface area (Å²) >= 11 is 0. The number of anilines is 1. The van der Waals surface area contributed by atoms with Crippen molar-refractivity contribution in [2.45, 2.75) is 56.7 Å². The number of benzene rings is 1. The van der Waals surface area contributed by atoms with Gasteiger partial charge in [0.25, 0.3) is 0 Å². The van der Waals surface area contributed by atoms with Gasteiger partial charge in [0.2, 0.25) is 0 Å². The van der Waals surface area contributed by atoms with Crippen molar-refractivity contribution in [2.75, 3.05) is 32.1 Å². The molecule has 1 aromatic carbocycles. The smallest absolute Gasteiger partial charge is 0.0940 e. The molecule has 1 aliphatic heterocycles. The molecular weight excluding hydrogens is 386 g/mol. The summed E-state index contributed by atoms with van der Waals surface area (Å²) in [5.41, 5.74) is 4.86. The Bertz CT molecular complexity index is 1020. The number of methoxy groups -OCH3 is 1. The molecule has 2 aliphatic rings. The van der Waals surface area contributed by atoms with Crippen LogP contribution in [0.15, 0.2) is 42.7 Å². The maximum absolute atomic E-state index is 5.52. The highest BCUT2D eigenvalue weighted by atomic mass is 16.5. The highest BCUT2D eigenvalue weighted by Crippen LogP contribution is 2.39. The molecule has 2 fully saturated rings. The van der Waals surface area contributed by atoms with Gasteiger partial charge in [-0.15, -0.1) is 0 Å². The summed E-state index contributed by atoms with van der Waals surface area (Å²) in [6.07, 6.45) is 9.16. The van der Waals surface area contributed by atoms with Crippen molar-refractivity contribution in [2.24, 2.45) is 0 Å². The van der Waals surface area contributed by atoms with Crippen LogP contribution in [0.4, 0.5) is 5.69 Å². The van der Waals surface area contributed by atoms with E-state index in [1.807, 2.05) is 26.6 Å². The Morgan fingerprint density at radius 3 is 2.52 bits per heavy atom. The Hall–Kier alpha value is -2.44. The first kappa shape index (κ1) is 20.5. The molecule has 0 bridgehead atoms. The Morgan fingerprint density at radius 2 is 1.87 bits per heavy atom. The molecule has 1 saturated heterocycles. The number of pyridine rings is 1. The number of aromatic nitrogens is 3. The largest absolute Gasteiger partial charge is 0.381 e. The molecule has 1 aliphatic carbocycles. The van der Waals surface area contributed by atoms with Gasteiger partial charge < -0.3 is 15.0 Å². The van der Waals surface area contributed by atoms with Crippen LogP contribution in [0.2, 0.25) is 0 Å². The van der Waals surface area contributed by atoms with Gasteiger partial charge >= 0.3 is 0 Å². The summed E-state index contributed by atoms with van der Waals surface area (Å²) in [5.74, 6) is 0.673. The molecule has 0 spiro atoms. The minimum Gasteiger partial charge on any atom is -0.381 e. The zero-order valence-electron chi connectivity index (χ0n) is 18.8. The normalized spacial score (nSPS) is 19.6. The van der Waals surface area contributed by atoms with Crippen molar-refractivity contribution >= 4 is 16.6 Å². The van der Waals surface area contributed by atoms with Crippen molar-refractivity contribution < 1.29 is 4.74 Å². The molecule has 1 unspecified atom stereocenters. The summed E-state index contributed by atoms with van der Waals surface area (Å²) in [4.78, 5) is 7.23. The van der Waals surface area contributed by atoms with Gasteiger partial charge in [0.15, 0.2) is 0 Å². The molecule has 164 valence electrons. The SMILES string of the molecule is CNC(C)[C@@H](c1ccc(C2CC2)nc1)n1ncc2cc(N3CCC(OC)CC3)ccc21. The second kappa shape index (κ2) is 8.60. The van der Waals surface area contributed by atoms with Gasteiger partial charge in [-0.25, -0.2) is 0 Å². The van der Waals surface area contributed by atoms with E-state index in [0.717, 1.165) is 31.4 Å². The van der Waals surface area contributed by atoms with Gasteiger partial charge in [0.1, 0.15) is 0 Å². The molecule has 6 nitrogen and oxygen atoms in total. The van der Waals surface area contributed by atoms with E-state index < -0.39 is 0 Å². The topological polar surface area (TPSA) is 55.2 Å². The van der Waals surface area contributed by atoms with Crippen LogP contribution in [0.3, 0.4) is 0 Å². The standard InChI is InChI=1S/C25H33N5O/c1-17(26-2)25(19-6-8-23(27-15-19)18-4-5-18)30-24-9-7-21(14-20(24)16-28-30)29-12-10-22(31-3)11-13-29/h6-9,14-18,22,25-26H,4-5,10-13H2,1-3H3/t17?,25-/m0/s1. The third kappa shape index (κ3) is 4.06. The summed E-state index contributed by atoms with van der Waals surface area (Å²) in [6, 6.07) is 11.5. The molecule has 1 saturated carbocycles. The Morgan fingerprint density at radius 1 is 1.06 bits per heavy atom. The molecule has 31 heavy (non-hydrogen) atoms. The van der Waals surface area contributed by atoms with Gasteiger partial charge in [-0.2, -0.15) is 5.10 Å². The molecule has 3 heterocycles. The van der Waals surface area contributed by atoms with E-state index in [2.05, 4.69) is 52.2 Å². The van der Waals surface area contributed by atoms with E-state index in [1.54, 1.807) is 0 Å². The fourth-order valence-corrected chi connectivity index (χ4v) is 4.82. The van der Waals surface area contributed by atoms with E-state index in [0.29, 0.717) is 12.0 Å². The molecule has 2 atom stereocenters. The van der Waals surface area contributed by atoms with Gasteiger partial charge in [-0.05, 0) is 69.5 Å². The fraction of sp³-hybridized carbons (Fsp3) is 0.520. The minimum absolute atomic E-state index is 0.0894. The number of piperidine rings is 1. The fourth-order valence-electron chi connectivity index (χ4n) is 4.82. The van der Waals surface area contributed by atoms with Gasteiger partial charge in [-0.3, -0.25) is 9.67 Å². The van der Waals surface area contributed by atoms with Crippen LogP contribution in [0.1, 0.15) is 55.8 Å². The summed E-state index contributed by atoms with van der Waals surface area (Å²) in [6.45, 7) is 4.29. The van der Waals surface area contributed by atoms with Gasteiger partial charge in [0.05, 0.1) is 23.9 Å². The number of ether oxygens (including phenoxy) is 1. The molecular formula is C25H33N5O. The van der Waals surface area contributed by atoms with E-state index in [-0.39, 0.29) is 12.1 Å². The van der Waals surface area contributed by atoms with Crippen molar-refractivity contribution in [3.63, 3.8) is 0 Å². The first-order valence-corrected chi connectivity index (χ1v) is 11.6. The maximum Gasteiger partial charge on any atom is 0.0940 e. The summed E-state index contributed by atoms with van der Waals surface area (Å²) < 4.78 is 7.68. The number of hydrogen-bond acceptors (Lipinski definition) is 5. The zero-order chi connectivity index (χ0) is 21.4. The Labute approximate surface area is 184 Å². The second-order valence-corrected chi connectivity index (χ2v) is 9.07. The lowest BCUT2D eigenvalue weighted by Crippen LogP contribution is -2.36. The predicted octanol–water partition coefficient (Wildman–Crippen LogP) is 4.12. The third-order valence-corrected chi connectivity index (χ3v) is 7.06. The Kier molecular flexibility index (Phi) is 5.67. The van der Waals surface area contributed by atoms with Crippen LogP contribution in [-0.4, -0.2) is 54.2 Å². The van der Waals surface area contributed by atoms with Crippen molar-refractivity contribution in [1.82, 2.24) is 20.1 Å². The third-order valence-electron chi connectivity index (χ3n) is 7.06. The average molecular weight is 420 g/mol. The van der Waals surface area contributed by atoms with E-state index in [1.165, 1.54) is 35.2 Å². The second-order valence-electron chi connectivity index (χ2n) is 9.07.